The van der Waals surface area contributed by atoms with Crippen molar-refractivity contribution < 1.29 is 14.3 Å². The van der Waals surface area contributed by atoms with Crippen LogP contribution in [0.15, 0.2) is 48.5 Å². The molecule has 1 aliphatic rings. The standard InChI is InChI=1S/C23H28ClN3O3/c1-30-21-11-9-18(10-12-21)5-2-8-22(28)26-13-4-14-27(16-15-26)23(29)25-20-7-3-6-19(24)17-20/h3,6-7,9-12,17H,2,4-5,8,13-16H2,1H3,(H,25,29). The zero-order chi connectivity index (χ0) is 21.3. The van der Waals surface area contributed by atoms with E-state index in [1.807, 2.05) is 29.2 Å². The number of ether oxygens (including phenoxy) is 1. The van der Waals surface area contributed by atoms with Crippen LogP contribution in [0.3, 0.4) is 0 Å². The van der Waals surface area contributed by atoms with Crippen molar-refractivity contribution in [3.63, 3.8) is 0 Å². The smallest absolute Gasteiger partial charge is 0.321 e. The lowest BCUT2D eigenvalue weighted by Gasteiger charge is -2.22. The molecule has 1 N–H and O–H groups in total. The molecule has 0 unspecified atom stereocenters. The molecule has 160 valence electrons. The maximum absolute atomic E-state index is 12.6. The number of methoxy groups -OCH3 is 1. The molecule has 3 amide bonds. The van der Waals surface area contributed by atoms with Gasteiger partial charge >= 0.3 is 6.03 Å². The molecule has 0 bridgehead atoms. The van der Waals surface area contributed by atoms with Gasteiger partial charge in [0.2, 0.25) is 5.91 Å². The van der Waals surface area contributed by atoms with Crippen LogP contribution >= 0.6 is 11.6 Å². The first-order chi connectivity index (χ1) is 14.5. The fourth-order valence-corrected chi connectivity index (χ4v) is 3.72. The minimum atomic E-state index is -0.161. The fraction of sp³-hybridized carbons (Fsp3) is 0.391. The van der Waals surface area contributed by atoms with E-state index in [4.69, 9.17) is 16.3 Å². The predicted molar refractivity (Wildman–Crippen MR) is 119 cm³/mol. The van der Waals surface area contributed by atoms with Crippen molar-refractivity contribution in [2.75, 3.05) is 38.6 Å². The van der Waals surface area contributed by atoms with Crippen molar-refractivity contribution in [1.82, 2.24) is 9.80 Å². The number of urea groups is 1. The van der Waals surface area contributed by atoms with E-state index in [1.165, 1.54) is 5.56 Å². The summed E-state index contributed by atoms with van der Waals surface area (Å²) in [5, 5.41) is 3.45. The third-order valence-electron chi connectivity index (χ3n) is 5.23. The molecule has 1 aliphatic heterocycles. The molecule has 0 saturated carbocycles. The van der Waals surface area contributed by atoms with E-state index in [-0.39, 0.29) is 11.9 Å². The molecule has 1 heterocycles. The molecule has 30 heavy (non-hydrogen) atoms. The van der Waals surface area contributed by atoms with E-state index in [1.54, 1.807) is 36.3 Å². The van der Waals surface area contributed by atoms with Gasteiger partial charge in [0.1, 0.15) is 5.75 Å². The Labute approximate surface area is 182 Å². The van der Waals surface area contributed by atoms with Gasteiger partial charge in [-0.05, 0) is 55.2 Å². The van der Waals surface area contributed by atoms with Crippen LogP contribution in [-0.4, -0.2) is 55.0 Å². The topological polar surface area (TPSA) is 61.9 Å². The summed E-state index contributed by atoms with van der Waals surface area (Å²) in [5.74, 6) is 0.990. The first-order valence-electron chi connectivity index (χ1n) is 10.3. The highest BCUT2D eigenvalue weighted by Gasteiger charge is 2.22. The van der Waals surface area contributed by atoms with E-state index >= 15 is 0 Å². The van der Waals surface area contributed by atoms with Gasteiger partial charge in [-0.15, -0.1) is 0 Å². The van der Waals surface area contributed by atoms with Gasteiger partial charge in [-0.3, -0.25) is 4.79 Å². The van der Waals surface area contributed by atoms with Gasteiger partial charge in [-0.1, -0.05) is 29.8 Å². The Kier molecular flexibility index (Phi) is 7.97. The summed E-state index contributed by atoms with van der Waals surface area (Å²) >= 11 is 5.97. The van der Waals surface area contributed by atoms with E-state index in [9.17, 15) is 9.59 Å². The van der Waals surface area contributed by atoms with E-state index in [0.29, 0.717) is 43.3 Å². The monoisotopic (exact) mass is 429 g/mol. The largest absolute Gasteiger partial charge is 0.497 e. The molecule has 0 radical (unpaired) electrons. The van der Waals surface area contributed by atoms with Gasteiger partial charge in [-0.2, -0.15) is 0 Å². The Hall–Kier alpha value is -2.73. The lowest BCUT2D eigenvalue weighted by Crippen LogP contribution is -2.39. The maximum atomic E-state index is 12.6. The van der Waals surface area contributed by atoms with Gasteiger partial charge in [0.15, 0.2) is 0 Å². The van der Waals surface area contributed by atoms with Crippen LogP contribution in [0.4, 0.5) is 10.5 Å². The summed E-state index contributed by atoms with van der Waals surface area (Å²) in [6.07, 6.45) is 2.95. The highest BCUT2D eigenvalue weighted by molar-refractivity contribution is 6.30. The number of anilines is 1. The van der Waals surface area contributed by atoms with Crippen LogP contribution < -0.4 is 10.1 Å². The number of hydrogen-bond donors (Lipinski definition) is 1. The Bertz CT molecular complexity index is 857. The quantitative estimate of drug-likeness (QED) is 0.738. The predicted octanol–water partition coefficient (Wildman–Crippen LogP) is 4.44. The van der Waals surface area contributed by atoms with Crippen molar-refractivity contribution in [3.8, 4) is 5.75 Å². The minimum Gasteiger partial charge on any atom is -0.497 e. The van der Waals surface area contributed by atoms with Crippen LogP contribution in [0.2, 0.25) is 5.02 Å². The van der Waals surface area contributed by atoms with Gasteiger partial charge < -0.3 is 19.9 Å². The molecule has 7 heteroatoms. The third-order valence-corrected chi connectivity index (χ3v) is 5.46. The van der Waals surface area contributed by atoms with E-state index in [2.05, 4.69) is 5.32 Å². The number of aryl methyl sites for hydroxylation is 1. The van der Waals surface area contributed by atoms with Crippen LogP contribution in [0, 0.1) is 0 Å². The lowest BCUT2D eigenvalue weighted by atomic mass is 10.1. The second kappa shape index (κ2) is 10.9. The molecule has 2 aromatic rings. The number of carbonyl (C=O) groups is 2. The van der Waals surface area contributed by atoms with Crippen LogP contribution in [0.5, 0.6) is 5.75 Å². The van der Waals surface area contributed by atoms with Gasteiger partial charge in [0.05, 0.1) is 7.11 Å². The highest BCUT2D eigenvalue weighted by atomic mass is 35.5. The van der Waals surface area contributed by atoms with Crippen LogP contribution in [-0.2, 0) is 11.2 Å². The molecular formula is C23H28ClN3O3. The Balaban J connectivity index is 1.43. The van der Waals surface area contributed by atoms with E-state index < -0.39 is 0 Å². The zero-order valence-corrected chi connectivity index (χ0v) is 18.0. The third kappa shape index (κ3) is 6.39. The molecule has 2 aromatic carbocycles. The number of nitrogens with zero attached hydrogens (tertiary/aromatic N) is 2. The summed E-state index contributed by atoms with van der Waals surface area (Å²) in [7, 11) is 1.65. The normalized spacial score (nSPS) is 14.2. The molecule has 0 aromatic heterocycles. The SMILES string of the molecule is COc1ccc(CCCC(=O)N2CCCN(C(=O)Nc3cccc(Cl)c3)CC2)cc1. The maximum Gasteiger partial charge on any atom is 0.321 e. The Morgan fingerprint density at radius 3 is 2.50 bits per heavy atom. The number of rotatable bonds is 6. The molecular weight excluding hydrogens is 402 g/mol. The van der Waals surface area contributed by atoms with Crippen LogP contribution in [0.25, 0.3) is 0 Å². The first kappa shape index (κ1) is 22.0. The molecule has 0 atom stereocenters. The van der Waals surface area contributed by atoms with Crippen LogP contribution in [0.1, 0.15) is 24.8 Å². The summed E-state index contributed by atoms with van der Waals surface area (Å²) in [6.45, 7) is 2.39. The van der Waals surface area contributed by atoms with Gasteiger partial charge in [-0.25, -0.2) is 4.79 Å². The summed E-state index contributed by atoms with van der Waals surface area (Å²) in [6, 6.07) is 14.9. The average Bonchev–Trinajstić information content (AvgIpc) is 3.01. The molecule has 3 rings (SSSR count). The molecule has 0 aliphatic carbocycles. The van der Waals surface area contributed by atoms with Crippen molar-refractivity contribution in [2.24, 2.45) is 0 Å². The lowest BCUT2D eigenvalue weighted by molar-refractivity contribution is -0.131. The van der Waals surface area contributed by atoms with Crippen molar-refractivity contribution in [1.29, 1.82) is 0 Å². The first-order valence-corrected chi connectivity index (χ1v) is 10.6. The molecule has 1 saturated heterocycles. The van der Waals surface area contributed by atoms with E-state index in [0.717, 1.165) is 25.0 Å². The highest BCUT2D eigenvalue weighted by Crippen LogP contribution is 2.17. The number of benzene rings is 2. The molecule has 1 fully saturated rings. The van der Waals surface area contributed by atoms with Gasteiger partial charge in [0.25, 0.3) is 0 Å². The fourth-order valence-electron chi connectivity index (χ4n) is 3.53. The summed E-state index contributed by atoms with van der Waals surface area (Å²) < 4.78 is 5.17. The van der Waals surface area contributed by atoms with Crippen molar-refractivity contribution in [3.05, 3.63) is 59.1 Å². The molecule has 6 nitrogen and oxygen atoms in total. The second-order valence-corrected chi connectivity index (χ2v) is 7.80. The van der Waals surface area contributed by atoms with Crippen molar-refractivity contribution >= 4 is 29.2 Å². The number of hydrogen-bond acceptors (Lipinski definition) is 3. The average molecular weight is 430 g/mol. The second-order valence-electron chi connectivity index (χ2n) is 7.36. The summed E-state index contributed by atoms with van der Waals surface area (Å²) in [4.78, 5) is 28.8. The number of carbonyl (C=O) groups excluding carboxylic acids is 2. The Morgan fingerprint density at radius 1 is 1.03 bits per heavy atom. The summed E-state index contributed by atoms with van der Waals surface area (Å²) in [5.41, 5.74) is 1.87. The molecule has 0 spiro atoms. The number of amides is 3. The Morgan fingerprint density at radius 2 is 1.77 bits per heavy atom. The minimum absolute atomic E-state index is 0.153. The zero-order valence-electron chi connectivity index (χ0n) is 17.3. The number of nitrogens with one attached hydrogen (secondary N) is 1. The van der Waals surface area contributed by atoms with Gasteiger partial charge in [0, 0.05) is 43.3 Å². The van der Waals surface area contributed by atoms with Crippen molar-refractivity contribution in [2.45, 2.75) is 25.7 Å². The number of halogens is 1.